The Kier molecular flexibility index (Phi) is 7.34. The van der Waals surface area contributed by atoms with Crippen LogP contribution in [0.5, 0.6) is 11.5 Å². The molecule has 8 heteroatoms. The smallest absolute Gasteiger partial charge is 0.270 e. The van der Waals surface area contributed by atoms with Crippen molar-refractivity contribution in [1.82, 2.24) is 15.2 Å². The highest BCUT2D eigenvalue weighted by atomic mass is 32.1. The quantitative estimate of drug-likeness (QED) is 0.517. The first-order chi connectivity index (χ1) is 15.6. The average Bonchev–Trinajstić information content (AvgIpc) is 3.52. The minimum Gasteiger partial charge on any atom is -0.497 e. The van der Waals surface area contributed by atoms with E-state index in [1.54, 1.807) is 24.6 Å². The number of aromatic nitrogens is 1. The van der Waals surface area contributed by atoms with Gasteiger partial charge in [-0.05, 0) is 67.9 Å². The zero-order valence-corrected chi connectivity index (χ0v) is 18.7. The number of benzene rings is 2. The second-order valence-electron chi connectivity index (χ2n) is 7.61. The standard InChI is InChI=1S/C24H26FN3O3S/c1-30-20-6-4-5-17(13-20)22(28-11-2-3-12-28)14-26-24(29)21-16-32-23(27-21)15-31-19-9-7-18(25)8-10-19/h4-10,13,16,22H,2-3,11-12,14-15H2,1H3,(H,26,29)/t22-/m1/s1. The topological polar surface area (TPSA) is 63.7 Å². The van der Waals surface area contributed by atoms with Crippen LogP contribution in [-0.2, 0) is 6.61 Å². The van der Waals surface area contributed by atoms with Gasteiger partial charge in [-0.15, -0.1) is 11.3 Å². The lowest BCUT2D eigenvalue weighted by molar-refractivity contribution is 0.0933. The van der Waals surface area contributed by atoms with Crippen LogP contribution in [0, 0.1) is 5.82 Å². The number of thiazole rings is 1. The minimum atomic E-state index is -0.313. The third kappa shape index (κ3) is 5.63. The second kappa shape index (κ2) is 10.6. The fourth-order valence-corrected chi connectivity index (χ4v) is 4.48. The normalized spacial score (nSPS) is 14.8. The maximum Gasteiger partial charge on any atom is 0.270 e. The van der Waals surface area contributed by atoms with E-state index in [-0.39, 0.29) is 24.4 Å². The van der Waals surface area contributed by atoms with Gasteiger partial charge in [-0.25, -0.2) is 9.37 Å². The van der Waals surface area contributed by atoms with Crippen molar-refractivity contribution < 1.29 is 18.7 Å². The number of methoxy groups -OCH3 is 1. The summed E-state index contributed by atoms with van der Waals surface area (Å²) >= 11 is 1.36. The van der Waals surface area contributed by atoms with Crippen molar-refractivity contribution in [2.45, 2.75) is 25.5 Å². The van der Waals surface area contributed by atoms with E-state index in [1.807, 2.05) is 18.2 Å². The molecule has 1 atom stereocenters. The van der Waals surface area contributed by atoms with Gasteiger partial charge in [0.15, 0.2) is 0 Å². The predicted octanol–water partition coefficient (Wildman–Crippen LogP) is 4.44. The number of hydrogen-bond acceptors (Lipinski definition) is 6. The summed E-state index contributed by atoms with van der Waals surface area (Å²) in [4.78, 5) is 19.5. The largest absolute Gasteiger partial charge is 0.497 e. The number of carbonyl (C=O) groups is 1. The summed E-state index contributed by atoms with van der Waals surface area (Å²) in [5.74, 6) is 0.843. The summed E-state index contributed by atoms with van der Waals surface area (Å²) < 4.78 is 24.0. The highest BCUT2D eigenvalue weighted by molar-refractivity contribution is 7.09. The highest BCUT2D eigenvalue weighted by Gasteiger charge is 2.25. The summed E-state index contributed by atoms with van der Waals surface area (Å²) in [7, 11) is 1.66. The van der Waals surface area contributed by atoms with Gasteiger partial charge in [0.2, 0.25) is 0 Å². The van der Waals surface area contributed by atoms with Crippen LogP contribution in [0.25, 0.3) is 0 Å². The lowest BCUT2D eigenvalue weighted by Crippen LogP contribution is -2.37. The number of rotatable bonds is 9. The molecule has 1 aliphatic heterocycles. The molecule has 2 aromatic carbocycles. The van der Waals surface area contributed by atoms with Gasteiger partial charge in [0.05, 0.1) is 13.2 Å². The molecule has 1 N–H and O–H groups in total. The molecule has 1 amide bonds. The Labute approximate surface area is 191 Å². The van der Waals surface area contributed by atoms with Gasteiger partial charge >= 0.3 is 0 Å². The lowest BCUT2D eigenvalue weighted by Gasteiger charge is -2.28. The molecule has 1 aromatic heterocycles. The molecule has 2 heterocycles. The predicted molar refractivity (Wildman–Crippen MR) is 122 cm³/mol. The minimum absolute atomic E-state index is 0.0801. The van der Waals surface area contributed by atoms with Gasteiger partial charge in [-0.3, -0.25) is 9.69 Å². The van der Waals surface area contributed by atoms with Crippen LogP contribution in [0.4, 0.5) is 4.39 Å². The van der Waals surface area contributed by atoms with Crippen LogP contribution in [0.3, 0.4) is 0 Å². The number of likely N-dealkylation sites (tertiary alicyclic amines) is 1. The Morgan fingerprint density at radius 3 is 2.72 bits per heavy atom. The molecule has 168 valence electrons. The van der Waals surface area contributed by atoms with E-state index in [1.165, 1.54) is 23.5 Å². The molecule has 1 aliphatic rings. The fraction of sp³-hybridized carbons (Fsp3) is 0.333. The van der Waals surface area contributed by atoms with Gasteiger partial charge in [0, 0.05) is 11.9 Å². The number of amides is 1. The van der Waals surface area contributed by atoms with Crippen molar-refractivity contribution in [3.05, 3.63) is 76.0 Å². The number of nitrogens with one attached hydrogen (secondary N) is 1. The molecular weight excluding hydrogens is 429 g/mol. The Balaban J connectivity index is 1.37. The molecule has 1 saturated heterocycles. The number of hydrogen-bond donors (Lipinski definition) is 1. The maximum absolute atomic E-state index is 13.0. The fourth-order valence-electron chi connectivity index (χ4n) is 3.80. The van der Waals surface area contributed by atoms with E-state index in [2.05, 4.69) is 21.3 Å². The summed E-state index contributed by atoms with van der Waals surface area (Å²) in [5.41, 5.74) is 1.50. The van der Waals surface area contributed by atoms with Crippen LogP contribution >= 0.6 is 11.3 Å². The van der Waals surface area contributed by atoms with Crippen LogP contribution in [0.1, 0.15) is 39.9 Å². The maximum atomic E-state index is 13.0. The summed E-state index contributed by atoms with van der Waals surface area (Å²) in [6, 6.07) is 13.9. The van der Waals surface area contributed by atoms with Gasteiger partial charge in [-0.2, -0.15) is 0 Å². The number of carbonyl (C=O) groups excluding carboxylic acids is 1. The molecule has 0 saturated carbocycles. The lowest BCUT2D eigenvalue weighted by atomic mass is 10.0. The molecule has 6 nitrogen and oxygen atoms in total. The van der Waals surface area contributed by atoms with Gasteiger partial charge in [0.25, 0.3) is 5.91 Å². The zero-order chi connectivity index (χ0) is 22.3. The Hall–Kier alpha value is -2.97. The number of halogens is 1. The summed E-state index contributed by atoms with van der Waals surface area (Å²) in [6.45, 7) is 2.74. The van der Waals surface area contributed by atoms with Crippen molar-refractivity contribution in [3.63, 3.8) is 0 Å². The van der Waals surface area contributed by atoms with Crippen molar-refractivity contribution in [3.8, 4) is 11.5 Å². The molecule has 3 aromatic rings. The molecule has 32 heavy (non-hydrogen) atoms. The van der Waals surface area contributed by atoms with E-state index in [0.29, 0.717) is 23.0 Å². The van der Waals surface area contributed by atoms with Crippen molar-refractivity contribution >= 4 is 17.2 Å². The third-order valence-electron chi connectivity index (χ3n) is 5.48. The second-order valence-corrected chi connectivity index (χ2v) is 8.56. The van der Waals surface area contributed by atoms with Gasteiger partial charge < -0.3 is 14.8 Å². The van der Waals surface area contributed by atoms with Crippen LogP contribution in [0.15, 0.2) is 53.9 Å². The molecular formula is C24H26FN3O3S. The monoisotopic (exact) mass is 455 g/mol. The van der Waals surface area contributed by atoms with Gasteiger partial charge in [0.1, 0.15) is 34.6 Å². The molecule has 0 aliphatic carbocycles. The average molecular weight is 456 g/mol. The molecule has 4 rings (SSSR count). The Morgan fingerprint density at radius 2 is 1.97 bits per heavy atom. The van der Waals surface area contributed by atoms with E-state index in [4.69, 9.17) is 9.47 Å². The Morgan fingerprint density at radius 1 is 1.19 bits per heavy atom. The zero-order valence-electron chi connectivity index (χ0n) is 17.9. The van der Waals surface area contributed by atoms with Crippen molar-refractivity contribution in [2.75, 3.05) is 26.7 Å². The summed E-state index contributed by atoms with van der Waals surface area (Å²) in [5, 5.41) is 5.46. The van der Waals surface area contributed by atoms with Crippen LogP contribution < -0.4 is 14.8 Å². The summed E-state index contributed by atoms with van der Waals surface area (Å²) in [6.07, 6.45) is 2.33. The molecule has 0 unspecified atom stereocenters. The molecule has 0 spiro atoms. The van der Waals surface area contributed by atoms with E-state index in [9.17, 15) is 9.18 Å². The SMILES string of the molecule is COc1cccc([C@@H](CNC(=O)c2csc(COc3ccc(F)cc3)n2)N2CCCC2)c1. The third-order valence-corrected chi connectivity index (χ3v) is 6.30. The number of nitrogens with zero attached hydrogens (tertiary/aromatic N) is 2. The van der Waals surface area contributed by atoms with E-state index < -0.39 is 0 Å². The first kappa shape index (κ1) is 22.2. The first-order valence-electron chi connectivity index (χ1n) is 10.6. The highest BCUT2D eigenvalue weighted by Crippen LogP contribution is 2.27. The van der Waals surface area contributed by atoms with Crippen LogP contribution in [-0.4, -0.2) is 42.5 Å². The first-order valence-corrected chi connectivity index (χ1v) is 11.5. The van der Waals surface area contributed by atoms with Crippen LogP contribution in [0.2, 0.25) is 0 Å². The molecule has 0 bridgehead atoms. The van der Waals surface area contributed by atoms with Crippen molar-refractivity contribution in [2.24, 2.45) is 0 Å². The van der Waals surface area contributed by atoms with E-state index in [0.717, 1.165) is 37.2 Å². The van der Waals surface area contributed by atoms with E-state index >= 15 is 0 Å². The Bertz CT molecular complexity index is 1030. The van der Waals surface area contributed by atoms with Gasteiger partial charge in [-0.1, -0.05) is 12.1 Å². The molecule has 0 radical (unpaired) electrons. The number of ether oxygens (including phenoxy) is 2. The van der Waals surface area contributed by atoms with Crippen molar-refractivity contribution in [1.29, 1.82) is 0 Å². The molecule has 1 fully saturated rings.